The molecule has 5 rings (SSSR count). The number of para-hydroxylation sites is 1. The van der Waals surface area contributed by atoms with Gasteiger partial charge in [-0.15, -0.1) is 0 Å². The SMILES string of the molecule is O=C1NCCc2ccc(OCCCCN3CCN(c4cccc5c4OCC5)CC3)nc2N1. The number of benzene rings is 1. The highest BCUT2D eigenvalue weighted by Crippen LogP contribution is 2.36. The Labute approximate surface area is 188 Å². The Morgan fingerprint density at radius 1 is 1.03 bits per heavy atom. The molecule has 8 heteroatoms. The average Bonchev–Trinajstić information content (AvgIpc) is 3.22. The van der Waals surface area contributed by atoms with Crippen molar-refractivity contribution in [3.63, 3.8) is 0 Å². The first-order valence-electron chi connectivity index (χ1n) is 11.7. The lowest BCUT2D eigenvalue weighted by atomic mass is 10.1. The van der Waals surface area contributed by atoms with Crippen LogP contribution in [0.5, 0.6) is 11.6 Å². The van der Waals surface area contributed by atoms with Gasteiger partial charge in [-0.05, 0) is 49.1 Å². The molecule has 0 aliphatic carbocycles. The summed E-state index contributed by atoms with van der Waals surface area (Å²) in [5, 5.41) is 5.56. The highest BCUT2D eigenvalue weighted by Gasteiger charge is 2.23. The number of nitrogens with one attached hydrogen (secondary N) is 2. The van der Waals surface area contributed by atoms with E-state index in [1.807, 2.05) is 12.1 Å². The molecule has 170 valence electrons. The summed E-state index contributed by atoms with van der Waals surface area (Å²) in [5.41, 5.74) is 3.63. The number of ether oxygens (including phenoxy) is 2. The van der Waals surface area contributed by atoms with E-state index >= 15 is 0 Å². The summed E-state index contributed by atoms with van der Waals surface area (Å²) in [5.74, 6) is 2.27. The molecule has 2 N–H and O–H groups in total. The molecular formula is C24H31N5O3. The Morgan fingerprint density at radius 3 is 2.84 bits per heavy atom. The van der Waals surface area contributed by atoms with Crippen molar-refractivity contribution in [2.24, 2.45) is 0 Å². The van der Waals surface area contributed by atoms with E-state index < -0.39 is 0 Å². The molecule has 0 saturated carbocycles. The quantitative estimate of drug-likeness (QED) is 0.649. The third-order valence-corrected chi connectivity index (χ3v) is 6.39. The maximum absolute atomic E-state index is 11.6. The van der Waals surface area contributed by atoms with Gasteiger partial charge in [0, 0.05) is 45.2 Å². The second-order valence-electron chi connectivity index (χ2n) is 8.54. The second kappa shape index (κ2) is 9.65. The average molecular weight is 438 g/mol. The van der Waals surface area contributed by atoms with Crippen LogP contribution in [0.1, 0.15) is 24.0 Å². The Kier molecular flexibility index (Phi) is 6.29. The number of rotatable bonds is 7. The van der Waals surface area contributed by atoms with E-state index in [4.69, 9.17) is 9.47 Å². The Bertz CT molecular complexity index is 959. The molecule has 0 radical (unpaired) electrons. The maximum Gasteiger partial charge on any atom is 0.320 e. The number of aromatic nitrogens is 1. The van der Waals surface area contributed by atoms with Crippen LogP contribution in [0.25, 0.3) is 0 Å². The Morgan fingerprint density at radius 2 is 1.94 bits per heavy atom. The van der Waals surface area contributed by atoms with Gasteiger partial charge in [-0.3, -0.25) is 10.2 Å². The predicted octanol–water partition coefficient (Wildman–Crippen LogP) is 2.68. The van der Waals surface area contributed by atoms with Gasteiger partial charge in [0.2, 0.25) is 5.88 Å². The Balaban J connectivity index is 1.03. The van der Waals surface area contributed by atoms with Crippen LogP contribution in [-0.4, -0.2) is 68.4 Å². The monoisotopic (exact) mass is 437 g/mol. The minimum absolute atomic E-state index is 0.210. The van der Waals surface area contributed by atoms with Gasteiger partial charge in [-0.25, -0.2) is 4.79 Å². The number of urea groups is 1. The molecule has 3 aliphatic rings. The highest BCUT2D eigenvalue weighted by atomic mass is 16.5. The third-order valence-electron chi connectivity index (χ3n) is 6.39. The molecule has 0 bridgehead atoms. The summed E-state index contributed by atoms with van der Waals surface area (Å²) in [6.45, 7) is 7.37. The van der Waals surface area contributed by atoms with Crippen molar-refractivity contribution in [2.45, 2.75) is 25.7 Å². The van der Waals surface area contributed by atoms with E-state index in [2.05, 4.69) is 43.6 Å². The van der Waals surface area contributed by atoms with Crippen molar-refractivity contribution >= 4 is 17.5 Å². The number of hydrogen-bond donors (Lipinski definition) is 2. The van der Waals surface area contributed by atoms with Crippen LogP contribution in [0.15, 0.2) is 30.3 Å². The number of pyridine rings is 1. The molecule has 0 unspecified atom stereocenters. The Hall–Kier alpha value is -3.00. The first kappa shape index (κ1) is 20.9. The minimum atomic E-state index is -0.210. The normalized spacial score (nSPS) is 18.1. The van der Waals surface area contributed by atoms with Gasteiger partial charge in [-0.1, -0.05) is 12.1 Å². The number of amides is 2. The van der Waals surface area contributed by atoms with E-state index in [-0.39, 0.29) is 6.03 Å². The van der Waals surface area contributed by atoms with Crippen molar-refractivity contribution < 1.29 is 14.3 Å². The molecule has 32 heavy (non-hydrogen) atoms. The first-order chi connectivity index (χ1) is 15.8. The number of hydrogen-bond acceptors (Lipinski definition) is 6. The van der Waals surface area contributed by atoms with Crippen LogP contribution in [0.2, 0.25) is 0 Å². The maximum atomic E-state index is 11.6. The third kappa shape index (κ3) is 4.75. The number of unbranched alkanes of at least 4 members (excludes halogenated alkanes) is 1. The minimum Gasteiger partial charge on any atom is -0.491 e. The molecule has 3 aliphatic heterocycles. The van der Waals surface area contributed by atoms with E-state index in [1.165, 1.54) is 11.3 Å². The van der Waals surface area contributed by atoms with Gasteiger partial charge in [0.25, 0.3) is 0 Å². The molecule has 1 fully saturated rings. The standard InChI is InChI=1S/C24H31N5O3/c30-24-25-10-8-19-6-7-21(26-23(19)27-24)31-16-2-1-11-28-12-14-29(15-13-28)20-5-3-4-18-9-17-32-22(18)20/h3-7H,1-2,8-17H2,(H2,25,26,27,30). The second-order valence-corrected chi connectivity index (χ2v) is 8.54. The molecule has 1 saturated heterocycles. The zero-order chi connectivity index (χ0) is 21.8. The number of anilines is 2. The van der Waals surface area contributed by atoms with Crippen molar-refractivity contribution in [1.29, 1.82) is 0 Å². The molecule has 1 aromatic heterocycles. The number of carbonyl (C=O) groups excluding carboxylic acids is 1. The van der Waals surface area contributed by atoms with Crippen LogP contribution in [0.4, 0.5) is 16.3 Å². The lowest BCUT2D eigenvalue weighted by molar-refractivity contribution is 0.236. The van der Waals surface area contributed by atoms with Crippen LogP contribution < -0.4 is 25.0 Å². The van der Waals surface area contributed by atoms with E-state index in [0.29, 0.717) is 24.8 Å². The van der Waals surface area contributed by atoms with Crippen molar-refractivity contribution in [3.05, 3.63) is 41.5 Å². The van der Waals surface area contributed by atoms with Gasteiger partial charge < -0.3 is 19.7 Å². The van der Waals surface area contributed by atoms with Gasteiger partial charge in [-0.2, -0.15) is 4.98 Å². The summed E-state index contributed by atoms with van der Waals surface area (Å²) < 4.78 is 11.7. The molecule has 0 spiro atoms. The van der Waals surface area contributed by atoms with Gasteiger partial charge in [0.05, 0.1) is 18.9 Å². The lowest BCUT2D eigenvalue weighted by Gasteiger charge is -2.36. The lowest BCUT2D eigenvalue weighted by Crippen LogP contribution is -2.46. The fourth-order valence-corrected chi connectivity index (χ4v) is 4.60. The topological polar surface area (TPSA) is 79.0 Å². The molecule has 8 nitrogen and oxygen atoms in total. The first-order valence-corrected chi connectivity index (χ1v) is 11.7. The largest absolute Gasteiger partial charge is 0.491 e. The van der Waals surface area contributed by atoms with Gasteiger partial charge >= 0.3 is 6.03 Å². The molecule has 0 atom stereocenters. The highest BCUT2D eigenvalue weighted by molar-refractivity contribution is 5.89. The molecule has 4 heterocycles. The van der Waals surface area contributed by atoms with Crippen LogP contribution >= 0.6 is 0 Å². The molecule has 1 aromatic carbocycles. The number of carbonyl (C=O) groups is 1. The molecule has 2 amide bonds. The number of nitrogens with zero attached hydrogens (tertiary/aromatic N) is 3. The predicted molar refractivity (Wildman–Crippen MR) is 124 cm³/mol. The fourth-order valence-electron chi connectivity index (χ4n) is 4.60. The van der Waals surface area contributed by atoms with Crippen LogP contribution in [0, 0.1) is 0 Å². The van der Waals surface area contributed by atoms with E-state index in [9.17, 15) is 4.79 Å². The van der Waals surface area contributed by atoms with Crippen LogP contribution in [-0.2, 0) is 12.8 Å². The summed E-state index contributed by atoms with van der Waals surface area (Å²) in [6, 6.07) is 10.2. The zero-order valence-corrected chi connectivity index (χ0v) is 18.4. The summed E-state index contributed by atoms with van der Waals surface area (Å²) in [6.07, 6.45) is 3.87. The number of fused-ring (bicyclic) bond motifs is 2. The smallest absolute Gasteiger partial charge is 0.320 e. The van der Waals surface area contributed by atoms with E-state index in [1.54, 1.807) is 0 Å². The van der Waals surface area contributed by atoms with Crippen molar-refractivity contribution in [3.8, 4) is 11.6 Å². The van der Waals surface area contributed by atoms with Crippen molar-refractivity contribution in [2.75, 3.05) is 62.7 Å². The van der Waals surface area contributed by atoms with E-state index in [0.717, 1.165) is 76.3 Å². The van der Waals surface area contributed by atoms with Crippen molar-refractivity contribution in [1.82, 2.24) is 15.2 Å². The molecule has 2 aromatic rings. The number of piperazine rings is 1. The summed E-state index contributed by atoms with van der Waals surface area (Å²) in [4.78, 5) is 21.1. The zero-order valence-electron chi connectivity index (χ0n) is 18.4. The summed E-state index contributed by atoms with van der Waals surface area (Å²) in [7, 11) is 0. The van der Waals surface area contributed by atoms with Gasteiger partial charge in [0.1, 0.15) is 11.6 Å². The summed E-state index contributed by atoms with van der Waals surface area (Å²) >= 11 is 0. The molecular weight excluding hydrogens is 406 g/mol. The van der Waals surface area contributed by atoms with Crippen LogP contribution in [0.3, 0.4) is 0 Å². The van der Waals surface area contributed by atoms with Gasteiger partial charge in [0.15, 0.2) is 0 Å². The fraction of sp³-hybridized carbons (Fsp3) is 0.500.